The Hall–Kier alpha value is -1.65. The lowest BCUT2D eigenvalue weighted by Gasteiger charge is -2.08. The van der Waals surface area contributed by atoms with Crippen LogP contribution in [0.25, 0.3) is 0 Å². The van der Waals surface area contributed by atoms with Gasteiger partial charge in [-0.3, -0.25) is 0 Å². The Labute approximate surface area is 124 Å². The van der Waals surface area contributed by atoms with Gasteiger partial charge in [0.2, 0.25) is 0 Å². The van der Waals surface area contributed by atoms with E-state index in [1.807, 2.05) is 44.2 Å². The largest absolute Gasteiger partial charge is 0.375 e. The van der Waals surface area contributed by atoms with E-state index in [1.165, 1.54) is 0 Å². The predicted molar refractivity (Wildman–Crippen MR) is 81.1 cm³/mol. The monoisotopic (exact) mass is 291 g/mol. The Bertz CT molecular complexity index is 537. The van der Waals surface area contributed by atoms with E-state index < -0.39 is 0 Å². The number of nitrogens with one attached hydrogen (secondary N) is 1. The zero-order valence-electron chi connectivity index (χ0n) is 11.7. The van der Waals surface area contributed by atoms with E-state index in [4.69, 9.17) is 16.3 Å². The van der Waals surface area contributed by atoms with Crippen LogP contribution in [0.15, 0.2) is 30.3 Å². The fraction of sp³-hybridized carbons (Fsp3) is 0.333. The molecule has 5 heteroatoms. The molecule has 20 heavy (non-hydrogen) atoms. The molecular formula is C15H18ClN3O. The molecule has 0 unspecified atom stereocenters. The number of nitrogens with zero attached hydrogens (tertiary/aromatic N) is 2. The van der Waals surface area contributed by atoms with E-state index in [9.17, 15) is 0 Å². The van der Waals surface area contributed by atoms with Crippen molar-refractivity contribution in [3.8, 4) is 0 Å². The van der Waals surface area contributed by atoms with Crippen molar-refractivity contribution >= 4 is 17.4 Å². The third-order valence-electron chi connectivity index (χ3n) is 2.70. The van der Waals surface area contributed by atoms with Crippen molar-refractivity contribution in [2.75, 3.05) is 18.5 Å². The van der Waals surface area contributed by atoms with E-state index >= 15 is 0 Å². The molecule has 1 aromatic carbocycles. The molecule has 0 aliphatic rings. The van der Waals surface area contributed by atoms with Crippen molar-refractivity contribution in [1.82, 2.24) is 9.97 Å². The summed E-state index contributed by atoms with van der Waals surface area (Å²) < 4.78 is 5.59. The molecule has 1 heterocycles. The van der Waals surface area contributed by atoms with E-state index in [1.54, 1.807) is 0 Å². The molecule has 0 radical (unpaired) electrons. The van der Waals surface area contributed by atoms with Gasteiger partial charge in [-0.2, -0.15) is 0 Å². The normalized spacial score (nSPS) is 10.6. The molecule has 0 spiro atoms. The Morgan fingerprint density at radius 2 is 1.90 bits per heavy atom. The van der Waals surface area contributed by atoms with Crippen LogP contribution in [0.5, 0.6) is 0 Å². The standard InChI is InChI=1S/C15H18ClN3O/c1-11-9-15(19-12(2)18-11)17-7-8-20-10-13-3-5-14(16)6-4-13/h3-6,9H,7-8,10H2,1-2H3,(H,17,18,19). The number of aryl methyl sites for hydroxylation is 2. The van der Waals surface area contributed by atoms with Crippen molar-refractivity contribution < 1.29 is 4.74 Å². The second-order valence-electron chi connectivity index (χ2n) is 4.55. The van der Waals surface area contributed by atoms with Gasteiger partial charge in [-0.15, -0.1) is 0 Å². The second kappa shape index (κ2) is 7.22. The van der Waals surface area contributed by atoms with Crippen molar-refractivity contribution in [3.05, 3.63) is 52.4 Å². The van der Waals surface area contributed by atoms with Crippen molar-refractivity contribution in [2.24, 2.45) is 0 Å². The minimum absolute atomic E-state index is 0.584. The highest BCUT2D eigenvalue weighted by molar-refractivity contribution is 6.30. The number of anilines is 1. The minimum Gasteiger partial charge on any atom is -0.375 e. The molecular weight excluding hydrogens is 274 g/mol. The van der Waals surface area contributed by atoms with Crippen molar-refractivity contribution in [3.63, 3.8) is 0 Å². The minimum atomic E-state index is 0.584. The maximum absolute atomic E-state index is 5.83. The summed E-state index contributed by atoms with van der Waals surface area (Å²) in [6, 6.07) is 9.59. The van der Waals surface area contributed by atoms with Gasteiger partial charge in [-0.05, 0) is 31.5 Å². The Kier molecular flexibility index (Phi) is 5.32. The van der Waals surface area contributed by atoms with Crippen LogP contribution in [0.4, 0.5) is 5.82 Å². The number of benzene rings is 1. The summed E-state index contributed by atoms with van der Waals surface area (Å²) in [7, 11) is 0. The Morgan fingerprint density at radius 1 is 1.15 bits per heavy atom. The van der Waals surface area contributed by atoms with E-state index in [0.29, 0.717) is 19.8 Å². The number of aromatic nitrogens is 2. The predicted octanol–water partition coefficient (Wildman–Crippen LogP) is 3.38. The number of halogens is 1. The lowest BCUT2D eigenvalue weighted by molar-refractivity contribution is 0.130. The average molecular weight is 292 g/mol. The summed E-state index contributed by atoms with van der Waals surface area (Å²) in [5, 5.41) is 3.97. The van der Waals surface area contributed by atoms with Crippen LogP contribution in [0, 0.1) is 13.8 Å². The quantitative estimate of drug-likeness (QED) is 0.829. The maximum atomic E-state index is 5.83. The number of hydrogen-bond donors (Lipinski definition) is 1. The molecule has 2 rings (SSSR count). The van der Waals surface area contributed by atoms with Crippen molar-refractivity contribution in [1.29, 1.82) is 0 Å². The fourth-order valence-electron chi connectivity index (χ4n) is 1.83. The van der Waals surface area contributed by atoms with Crippen LogP contribution in [-0.2, 0) is 11.3 Å². The summed E-state index contributed by atoms with van der Waals surface area (Å²) >= 11 is 5.83. The van der Waals surface area contributed by atoms with E-state index in [0.717, 1.165) is 27.9 Å². The van der Waals surface area contributed by atoms with Gasteiger partial charge in [0.15, 0.2) is 0 Å². The molecule has 0 amide bonds. The van der Waals surface area contributed by atoms with Crippen LogP contribution >= 0.6 is 11.6 Å². The van der Waals surface area contributed by atoms with E-state index in [-0.39, 0.29) is 0 Å². The highest BCUT2D eigenvalue weighted by Gasteiger charge is 1.98. The lowest BCUT2D eigenvalue weighted by atomic mass is 10.2. The number of ether oxygens (including phenoxy) is 1. The molecule has 0 aliphatic heterocycles. The second-order valence-corrected chi connectivity index (χ2v) is 4.98. The van der Waals surface area contributed by atoms with E-state index in [2.05, 4.69) is 15.3 Å². The first-order valence-electron chi connectivity index (χ1n) is 6.52. The van der Waals surface area contributed by atoms with Gasteiger partial charge >= 0.3 is 0 Å². The molecule has 0 saturated heterocycles. The zero-order valence-corrected chi connectivity index (χ0v) is 12.4. The van der Waals surface area contributed by atoms with Crippen LogP contribution < -0.4 is 5.32 Å². The molecule has 0 aliphatic carbocycles. The van der Waals surface area contributed by atoms with Crippen LogP contribution in [0.1, 0.15) is 17.1 Å². The SMILES string of the molecule is Cc1cc(NCCOCc2ccc(Cl)cc2)nc(C)n1. The van der Waals surface area contributed by atoms with Gasteiger partial charge in [-0.25, -0.2) is 9.97 Å². The smallest absolute Gasteiger partial charge is 0.129 e. The summed E-state index contributed by atoms with van der Waals surface area (Å²) in [4.78, 5) is 8.54. The first-order valence-corrected chi connectivity index (χ1v) is 6.89. The van der Waals surface area contributed by atoms with Gasteiger partial charge in [-0.1, -0.05) is 23.7 Å². The first-order chi connectivity index (χ1) is 9.63. The molecule has 1 aromatic heterocycles. The van der Waals surface area contributed by atoms with Gasteiger partial charge in [0, 0.05) is 23.3 Å². The summed E-state index contributed by atoms with van der Waals surface area (Å²) in [6.07, 6.45) is 0. The van der Waals surface area contributed by atoms with Crippen LogP contribution in [0.2, 0.25) is 5.02 Å². The molecule has 0 saturated carbocycles. The molecule has 2 aromatic rings. The number of rotatable bonds is 6. The zero-order chi connectivity index (χ0) is 14.4. The average Bonchev–Trinajstić information content (AvgIpc) is 2.39. The third-order valence-corrected chi connectivity index (χ3v) is 2.95. The van der Waals surface area contributed by atoms with Gasteiger partial charge < -0.3 is 10.1 Å². The highest BCUT2D eigenvalue weighted by atomic mass is 35.5. The van der Waals surface area contributed by atoms with Gasteiger partial charge in [0.1, 0.15) is 11.6 Å². The van der Waals surface area contributed by atoms with Crippen LogP contribution in [-0.4, -0.2) is 23.1 Å². The van der Waals surface area contributed by atoms with Crippen molar-refractivity contribution in [2.45, 2.75) is 20.5 Å². The summed E-state index contributed by atoms with van der Waals surface area (Å²) in [5.74, 6) is 1.61. The van der Waals surface area contributed by atoms with Crippen LogP contribution in [0.3, 0.4) is 0 Å². The molecule has 0 bridgehead atoms. The summed E-state index contributed by atoms with van der Waals surface area (Å²) in [5.41, 5.74) is 2.07. The highest BCUT2D eigenvalue weighted by Crippen LogP contribution is 2.10. The molecule has 0 atom stereocenters. The van der Waals surface area contributed by atoms with Gasteiger partial charge in [0.05, 0.1) is 13.2 Å². The lowest BCUT2D eigenvalue weighted by Crippen LogP contribution is -2.11. The molecule has 0 fully saturated rings. The first kappa shape index (κ1) is 14.8. The topological polar surface area (TPSA) is 47.0 Å². The third kappa shape index (κ3) is 4.79. The molecule has 106 valence electrons. The molecule has 1 N–H and O–H groups in total. The maximum Gasteiger partial charge on any atom is 0.129 e. The Morgan fingerprint density at radius 3 is 2.60 bits per heavy atom. The molecule has 4 nitrogen and oxygen atoms in total. The fourth-order valence-corrected chi connectivity index (χ4v) is 1.96. The number of hydrogen-bond acceptors (Lipinski definition) is 4. The van der Waals surface area contributed by atoms with Gasteiger partial charge in [0.25, 0.3) is 0 Å². The Balaban J connectivity index is 1.70. The summed E-state index contributed by atoms with van der Waals surface area (Å²) in [6.45, 7) is 5.75.